The molecule has 51 heavy (non-hydrogen) atoms. The van der Waals surface area contributed by atoms with Gasteiger partial charge in [-0.15, -0.1) is 0 Å². The van der Waals surface area contributed by atoms with Crippen molar-refractivity contribution in [2.45, 2.75) is 55.9 Å². The average molecular weight is 774 g/mol. The number of ether oxygens (including phenoxy) is 3. The van der Waals surface area contributed by atoms with Crippen molar-refractivity contribution in [2.24, 2.45) is 0 Å². The standard InChI is InChI=1S/C30H33O18P3/c31-22(16-19-10-4-1-5-11-19)43-25-26(44-23(32)17-20-12-6-2-7-13-20)28(46-49(34,35)36)30(48-51(40,41)42)29(47-50(37,38)39)27(25)45-24(33)18-21-14-8-3-9-15-21/h1-15,25-30H,16-18H2,(H2,34,35,36)(H2,37,38,39)(H2,40,41,42)/t25?,26-,27+,28-,29-,30?/m1/s1. The fourth-order valence-electron chi connectivity index (χ4n) is 5.23. The van der Waals surface area contributed by atoms with Gasteiger partial charge in [-0.2, -0.15) is 0 Å². The van der Waals surface area contributed by atoms with Crippen molar-refractivity contribution in [3.05, 3.63) is 108 Å². The van der Waals surface area contributed by atoms with Crippen LogP contribution in [-0.2, 0) is 75.1 Å². The molecular formula is C30H33O18P3. The largest absolute Gasteiger partial charge is 0.470 e. The van der Waals surface area contributed by atoms with Crippen LogP contribution < -0.4 is 0 Å². The molecule has 1 aliphatic carbocycles. The zero-order valence-corrected chi connectivity index (χ0v) is 28.9. The molecule has 6 N–H and O–H groups in total. The second kappa shape index (κ2) is 17.3. The number of rotatable bonds is 15. The molecule has 18 nitrogen and oxygen atoms in total. The first-order chi connectivity index (χ1) is 23.9. The molecule has 1 fully saturated rings. The molecular weight excluding hydrogens is 741 g/mol. The Kier molecular flexibility index (Phi) is 13.6. The van der Waals surface area contributed by atoms with E-state index in [0.717, 1.165) is 0 Å². The van der Waals surface area contributed by atoms with Crippen molar-refractivity contribution in [3.63, 3.8) is 0 Å². The molecule has 0 saturated heterocycles. The summed E-state index contributed by atoms with van der Waals surface area (Å²) in [7, 11) is -17.4. The Balaban J connectivity index is 1.87. The highest BCUT2D eigenvalue weighted by atomic mass is 31.2. The molecule has 1 saturated carbocycles. The van der Waals surface area contributed by atoms with Gasteiger partial charge in [0.15, 0.2) is 18.3 Å². The maximum Gasteiger partial charge on any atom is 0.470 e. The van der Waals surface area contributed by atoms with Crippen LogP contribution in [0.3, 0.4) is 0 Å². The van der Waals surface area contributed by atoms with Gasteiger partial charge in [0.2, 0.25) is 0 Å². The van der Waals surface area contributed by atoms with Gasteiger partial charge >= 0.3 is 41.4 Å². The van der Waals surface area contributed by atoms with Crippen LogP contribution in [0.4, 0.5) is 0 Å². The molecule has 0 aliphatic heterocycles. The summed E-state index contributed by atoms with van der Waals surface area (Å²) in [5.41, 5.74) is 1.10. The summed E-state index contributed by atoms with van der Waals surface area (Å²) in [6, 6.07) is 23.5. The minimum absolute atomic E-state index is 0.361. The van der Waals surface area contributed by atoms with Crippen molar-refractivity contribution in [3.8, 4) is 0 Å². The second-order valence-electron chi connectivity index (χ2n) is 11.0. The summed E-state index contributed by atoms with van der Waals surface area (Å²) >= 11 is 0. The van der Waals surface area contributed by atoms with Crippen molar-refractivity contribution < 1.29 is 85.2 Å². The van der Waals surface area contributed by atoms with Gasteiger partial charge in [-0.3, -0.25) is 28.0 Å². The van der Waals surface area contributed by atoms with E-state index in [0.29, 0.717) is 16.7 Å². The van der Waals surface area contributed by atoms with E-state index < -0.39 is 97.3 Å². The number of esters is 3. The Morgan fingerprint density at radius 2 is 0.627 bits per heavy atom. The third-order valence-electron chi connectivity index (χ3n) is 7.10. The number of hydrogen-bond donors (Lipinski definition) is 6. The Morgan fingerprint density at radius 3 is 0.863 bits per heavy atom. The third kappa shape index (κ3) is 13.2. The van der Waals surface area contributed by atoms with E-state index >= 15 is 0 Å². The summed E-state index contributed by atoms with van der Waals surface area (Å²) in [5, 5.41) is 0. The van der Waals surface area contributed by atoms with Crippen LogP contribution in [0.1, 0.15) is 16.7 Å². The van der Waals surface area contributed by atoms with E-state index in [4.69, 9.17) is 27.8 Å². The summed E-state index contributed by atoms with van der Waals surface area (Å²) in [6.07, 6.45) is -16.4. The topological polar surface area (TPSA) is 279 Å². The molecule has 3 aromatic carbocycles. The first-order valence-corrected chi connectivity index (χ1v) is 19.4. The number of carbonyl (C=O) groups is 3. The molecule has 0 radical (unpaired) electrons. The van der Waals surface area contributed by atoms with Gasteiger partial charge in [0.05, 0.1) is 19.3 Å². The first kappa shape index (κ1) is 40.2. The van der Waals surface area contributed by atoms with Gasteiger partial charge in [0, 0.05) is 0 Å². The predicted octanol–water partition coefficient (Wildman–Crippen LogP) is 1.90. The highest BCUT2D eigenvalue weighted by Crippen LogP contribution is 2.51. The van der Waals surface area contributed by atoms with Gasteiger partial charge in [-0.25, -0.2) is 13.7 Å². The fraction of sp³-hybridized carbons (Fsp3) is 0.300. The zero-order chi connectivity index (χ0) is 37.4. The van der Waals surface area contributed by atoms with E-state index in [9.17, 15) is 57.4 Å². The van der Waals surface area contributed by atoms with Crippen LogP contribution in [0, 0.1) is 0 Å². The van der Waals surface area contributed by atoms with Crippen LogP contribution >= 0.6 is 23.5 Å². The summed E-state index contributed by atoms with van der Waals surface area (Å²) < 4.78 is 67.6. The second-order valence-corrected chi connectivity index (χ2v) is 14.6. The van der Waals surface area contributed by atoms with E-state index in [2.05, 4.69) is 0 Å². The van der Waals surface area contributed by atoms with Gasteiger partial charge in [0.25, 0.3) is 0 Å². The SMILES string of the molecule is O=C(Cc1ccccc1)OC1[C@@H](OC(=O)Cc2ccccc2)[C@@H](OP(=O)(O)O)C(OP(=O)(O)O)[C@H](OP(=O)(O)O)[C@H]1OC(=O)Cc1ccccc1. The Labute approximate surface area is 289 Å². The van der Waals surface area contributed by atoms with E-state index in [1.54, 1.807) is 54.6 Å². The Hall–Kier alpha value is -3.60. The van der Waals surface area contributed by atoms with E-state index in [1.165, 1.54) is 36.4 Å². The molecule has 2 unspecified atom stereocenters. The number of benzene rings is 3. The highest BCUT2D eigenvalue weighted by Gasteiger charge is 2.62. The number of phosphoric acid groups is 3. The lowest BCUT2D eigenvalue weighted by molar-refractivity contribution is -0.240. The fourth-order valence-corrected chi connectivity index (χ4v) is 6.90. The zero-order valence-electron chi connectivity index (χ0n) is 26.2. The van der Waals surface area contributed by atoms with Crippen LogP contribution in [0.2, 0.25) is 0 Å². The van der Waals surface area contributed by atoms with Crippen molar-refractivity contribution in [1.29, 1.82) is 0 Å². The van der Waals surface area contributed by atoms with Crippen LogP contribution in [0.5, 0.6) is 0 Å². The molecule has 0 heterocycles. The molecule has 0 aromatic heterocycles. The average Bonchev–Trinajstić information content (AvgIpc) is 3.02. The van der Waals surface area contributed by atoms with Gasteiger partial charge in [0.1, 0.15) is 18.3 Å². The van der Waals surface area contributed by atoms with Crippen molar-refractivity contribution in [1.82, 2.24) is 0 Å². The molecule has 3 aromatic rings. The third-order valence-corrected chi connectivity index (χ3v) is 8.65. The smallest absolute Gasteiger partial charge is 0.455 e. The Bertz CT molecular complexity index is 1680. The molecule has 276 valence electrons. The van der Waals surface area contributed by atoms with E-state index in [-0.39, 0.29) is 0 Å². The summed E-state index contributed by atoms with van der Waals surface area (Å²) in [6.45, 7) is 0. The molecule has 0 amide bonds. The molecule has 4 rings (SSSR count). The Morgan fingerprint density at radius 1 is 0.412 bits per heavy atom. The minimum Gasteiger partial charge on any atom is -0.455 e. The normalized spacial score (nSPS) is 22.5. The molecule has 0 spiro atoms. The van der Waals surface area contributed by atoms with Crippen molar-refractivity contribution >= 4 is 41.4 Å². The van der Waals surface area contributed by atoms with Gasteiger partial charge in [-0.1, -0.05) is 91.0 Å². The lowest BCUT2D eigenvalue weighted by Gasteiger charge is -2.47. The van der Waals surface area contributed by atoms with Gasteiger partial charge < -0.3 is 43.6 Å². The number of hydrogen-bond acceptors (Lipinski definition) is 12. The maximum atomic E-state index is 13.4. The quantitative estimate of drug-likeness (QED) is 0.0730. The molecule has 1 aliphatic rings. The molecule has 0 bridgehead atoms. The van der Waals surface area contributed by atoms with Crippen molar-refractivity contribution in [2.75, 3.05) is 0 Å². The predicted molar refractivity (Wildman–Crippen MR) is 171 cm³/mol. The van der Waals surface area contributed by atoms with Crippen LogP contribution in [0.25, 0.3) is 0 Å². The number of carbonyl (C=O) groups excluding carboxylic acids is 3. The maximum absolute atomic E-state index is 13.4. The molecule has 21 heteroatoms. The summed E-state index contributed by atoms with van der Waals surface area (Å²) in [4.78, 5) is 99.0. The lowest BCUT2D eigenvalue weighted by atomic mass is 9.84. The number of phosphoric ester groups is 3. The van der Waals surface area contributed by atoms with Gasteiger partial charge in [-0.05, 0) is 16.7 Å². The summed E-state index contributed by atoms with van der Waals surface area (Å²) in [5.74, 6) is -3.49. The molecule has 6 atom stereocenters. The monoisotopic (exact) mass is 774 g/mol. The lowest BCUT2D eigenvalue weighted by Crippen LogP contribution is -2.68. The van der Waals surface area contributed by atoms with Crippen LogP contribution in [0.15, 0.2) is 91.0 Å². The van der Waals surface area contributed by atoms with Crippen LogP contribution in [-0.4, -0.2) is 83.9 Å². The highest BCUT2D eigenvalue weighted by molar-refractivity contribution is 7.47. The minimum atomic E-state index is -5.82. The first-order valence-electron chi connectivity index (χ1n) is 14.8. The van der Waals surface area contributed by atoms with E-state index in [1.807, 2.05) is 0 Å².